The molecule has 1 rings (SSSR count). The third-order valence-electron chi connectivity index (χ3n) is 2.38. The van der Waals surface area contributed by atoms with Crippen molar-refractivity contribution >= 4 is 26.0 Å². The molecule has 0 saturated heterocycles. The van der Waals surface area contributed by atoms with E-state index < -0.39 is 10.0 Å². The van der Waals surface area contributed by atoms with Crippen LogP contribution in [-0.2, 0) is 14.8 Å². The normalized spacial score (nSPS) is 11.5. The number of hydrogen-bond acceptors (Lipinski definition) is 3. The van der Waals surface area contributed by atoms with E-state index in [2.05, 4.69) is 27.2 Å². The van der Waals surface area contributed by atoms with Crippen molar-refractivity contribution in [3.8, 4) is 0 Å². The number of ether oxygens (including phenoxy) is 1. The van der Waals surface area contributed by atoms with Gasteiger partial charge in [-0.1, -0.05) is 12.1 Å². The highest BCUT2D eigenvalue weighted by atomic mass is 79.9. The maximum atomic E-state index is 12.0. The second kappa shape index (κ2) is 7.79. The zero-order chi connectivity index (χ0) is 14.3. The highest BCUT2D eigenvalue weighted by Crippen LogP contribution is 2.22. The average Bonchev–Trinajstić information content (AvgIpc) is 2.33. The first-order valence-corrected chi connectivity index (χ1v) is 8.19. The molecule has 0 aliphatic carbocycles. The largest absolute Gasteiger partial charge is 0.380 e. The standard InChI is InChI=1S/C13H18BrNO3S/c1-3-4-8-18-9-7-15-19(16,17)13-6-5-11(2)10-12(13)14/h3,5-6,10,15H,1,4,7-9H2,2H3. The number of rotatable bonds is 8. The van der Waals surface area contributed by atoms with Crippen LogP contribution in [0.15, 0.2) is 40.2 Å². The molecule has 1 aromatic carbocycles. The Morgan fingerprint density at radius 3 is 2.79 bits per heavy atom. The fraction of sp³-hybridized carbons (Fsp3) is 0.385. The van der Waals surface area contributed by atoms with E-state index in [-0.39, 0.29) is 11.4 Å². The van der Waals surface area contributed by atoms with Gasteiger partial charge in [0.25, 0.3) is 0 Å². The van der Waals surface area contributed by atoms with E-state index in [1.165, 1.54) is 0 Å². The summed E-state index contributed by atoms with van der Waals surface area (Å²) in [5.41, 5.74) is 0.999. The van der Waals surface area contributed by atoms with E-state index >= 15 is 0 Å². The summed E-state index contributed by atoms with van der Waals surface area (Å²) in [5, 5.41) is 0. The summed E-state index contributed by atoms with van der Waals surface area (Å²) < 4.78 is 32.4. The van der Waals surface area contributed by atoms with E-state index in [0.29, 0.717) is 17.7 Å². The van der Waals surface area contributed by atoms with Crippen molar-refractivity contribution in [2.75, 3.05) is 19.8 Å². The lowest BCUT2D eigenvalue weighted by atomic mass is 10.2. The van der Waals surface area contributed by atoms with E-state index in [9.17, 15) is 8.42 Å². The summed E-state index contributed by atoms with van der Waals surface area (Å²) in [5.74, 6) is 0. The lowest BCUT2D eigenvalue weighted by Crippen LogP contribution is -2.27. The van der Waals surface area contributed by atoms with E-state index in [0.717, 1.165) is 12.0 Å². The predicted molar refractivity (Wildman–Crippen MR) is 79.7 cm³/mol. The van der Waals surface area contributed by atoms with Gasteiger partial charge in [-0.15, -0.1) is 6.58 Å². The van der Waals surface area contributed by atoms with Gasteiger partial charge in [0.05, 0.1) is 18.1 Å². The molecule has 1 N–H and O–H groups in total. The summed E-state index contributed by atoms with van der Waals surface area (Å²) in [6.45, 7) is 6.63. The lowest BCUT2D eigenvalue weighted by molar-refractivity contribution is 0.144. The first-order valence-electron chi connectivity index (χ1n) is 5.92. The summed E-state index contributed by atoms with van der Waals surface area (Å²) in [6.07, 6.45) is 2.52. The van der Waals surface area contributed by atoms with Crippen LogP contribution in [-0.4, -0.2) is 28.2 Å². The van der Waals surface area contributed by atoms with Gasteiger partial charge in [-0.25, -0.2) is 13.1 Å². The van der Waals surface area contributed by atoms with Gasteiger partial charge in [0.1, 0.15) is 0 Å². The van der Waals surface area contributed by atoms with Crippen LogP contribution >= 0.6 is 15.9 Å². The van der Waals surface area contributed by atoms with Gasteiger partial charge in [0, 0.05) is 11.0 Å². The minimum atomic E-state index is -3.50. The van der Waals surface area contributed by atoms with Crippen molar-refractivity contribution in [3.63, 3.8) is 0 Å². The van der Waals surface area contributed by atoms with Crippen LogP contribution in [0.5, 0.6) is 0 Å². The molecular formula is C13H18BrNO3S. The van der Waals surface area contributed by atoms with Crippen molar-refractivity contribution in [1.82, 2.24) is 4.72 Å². The molecule has 19 heavy (non-hydrogen) atoms. The number of aryl methyl sites for hydroxylation is 1. The van der Waals surface area contributed by atoms with Crippen molar-refractivity contribution in [1.29, 1.82) is 0 Å². The van der Waals surface area contributed by atoms with Gasteiger partial charge in [0.2, 0.25) is 10.0 Å². The molecule has 0 fully saturated rings. The van der Waals surface area contributed by atoms with Crippen molar-refractivity contribution < 1.29 is 13.2 Å². The van der Waals surface area contributed by atoms with Crippen LogP contribution in [0.2, 0.25) is 0 Å². The molecule has 0 unspecified atom stereocenters. The summed E-state index contributed by atoms with van der Waals surface area (Å²) in [6, 6.07) is 5.12. The second-order valence-electron chi connectivity index (χ2n) is 4.02. The Kier molecular flexibility index (Phi) is 6.71. The summed E-state index contributed by atoms with van der Waals surface area (Å²) in [7, 11) is -3.50. The van der Waals surface area contributed by atoms with Gasteiger partial charge in [-0.3, -0.25) is 0 Å². The number of hydrogen-bond donors (Lipinski definition) is 1. The molecule has 0 aromatic heterocycles. The molecule has 0 spiro atoms. The molecule has 0 aliphatic rings. The Balaban J connectivity index is 2.54. The minimum Gasteiger partial charge on any atom is -0.380 e. The SMILES string of the molecule is C=CCCOCCNS(=O)(=O)c1ccc(C)cc1Br. The van der Waals surface area contributed by atoms with E-state index in [1.54, 1.807) is 24.3 Å². The van der Waals surface area contributed by atoms with Gasteiger partial charge in [-0.2, -0.15) is 0 Å². The quantitative estimate of drug-likeness (QED) is 0.580. The molecule has 0 amide bonds. The van der Waals surface area contributed by atoms with Crippen LogP contribution in [0.25, 0.3) is 0 Å². The fourth-order valence-electron chi connectivity index (χ4n) is 1.42. The first kappa shape index (κ1) is 16.4. The zero-order valence-corrected chi connectivity index (χ0v) is 13.3. The molecule has 1 aromatic rings. The predicted octanol–water partition coefficient (Wildman–Crippen LogP) is 2.63. The molecule has 0 saturated carbocycles. The molecule has 6 heteroatoms. The number of nitrogens with one attached hydrogen (secondary N) is 1. The highest BCUT2D eigenvalue weighted by molar-refractivity contribution is 9.10. The van der Waals surface area contributed by atoms with Crippen molar-refractivity contribution in [2.24, 2.45) is 0 Å². The molecule has 0 heterocycles. The summed E-state index contributed by atoms with van der Waals surface area (Å²) in [4.78, 5) is 0.240. The highest BCUT2D eigenvalue weighted by Gasteiger charge is 2.16. The van der Waals surface area contributed by atoms with Crippen molar-refractivity contribution in [3.05, 3.63) is 40.9 Å². The number of sulfonamides is 1. The molecule has 0 atom stereocenters. The minimum absolute atomic E-state index is 0.240. The van der Waals surface area contributed by atoms with Crippen molar-refractivity contribution in [2.45, 2.75) is 18.2 Å². The van der Waals surface area contributed by atoms with Crippen LogP contribution in [0.1, 0.15) is 12.0 Å². The Morgan fingerprint density at radius 2 is 2.16 bits per heavy atom. The topological polar surface area (TPSA) is 55.4 Å². The molecular weight excluding hydrogens is 330 g/mol. The van der Waals surface area contributed by atoms with Crippen LogP contribution < -0.4 is 4.72 Å². The van der Waals surface area contributed by atoms with Crippen LogP contribution in [0.4, 0.5) is 0 Å². The molecule has 0 bridgehead atoms. The molecule has 4 nitrogen and oxygen atoms in total. The fourth-order valence-corrected chi connectivity index (χ4v) is 3.62. The lowest BCUT2D eigenvalue weighted by Gasteiger charge is -2.09. The maximum Gasteiger partial charge on any atom is 0.241 e. The Labute approximate surface area is 123 Å². The van der Waals surface area contributed by atoms with Crippen LogP contribution in [0.3, 0.4) is 0 Å². The van der Waals surface area contributed by atoms with Gasteiger partial charge in [-0.05, 0) is 47.0 Å². The summed E-state index contributed by atoms with van der Waals surface area (Å²) >= 11 is 3.26. The third-order valence-corrected chi connectivity index (χ3v) is 4.82. The van der Waals surface area contributed by atoms with Gasteiger partial charge < -0.3 is 4.74 Å². The van der Waals surface area contributed by atoms with Gasteiger partial charge in [0.15, 0.2) is 0 Å². The third kappa shape index (κ3) is 5.44. The number of benzene rings is 1. The second-order valence-corrected chi connectivity index (χ2v) is 6.61. The Morgan fingerprint density at radius 1 is 1.42 bits per heavy atom. The zero-order valence-electron chi connectivity index (χ0n) is 10.9. The molecule has 106 valence electrons. The monoisotopic (exact) mass is 347 g/mol. The van der Waals surface area contributed by atoms with E-state index in [4.69, 9.17) is 4.74 Å². The number of halogens is 1. The van der Waals surface area contributed by atoms with E-state index in [1.807, 2.05) is 6.92 Å². The smallest absolute Gasteiger partial charge is 0.241 e. The first-order chi connectivity index (χ1) is 8.97. The molecule has 0 aliphatic heterocycles. The maximum absolute atomic E-state index is 12.0. The van der Waals surface area contributed by atoms with Gasteiger partial charge >= 0.3 is 0 Å². The molecule has 0 radical (unpaired) electrons. The van der Waals surface area contributed by atoms with Crippen LogP contribution in [0, 0.1) is 6.92 Å². The Bertz CT molecular complexity index is 529. The Hall–Kier alpha value is -0.690. The average molecular weight is 348 g/mol.